The number of nitrogens with zero attached hydrogens (tertiary/aromatic N) is 1. The average Bonchev–Trinajstić information content (AvgIpc) is 2.39. The molecule has 0 atom stereocenters. The molecule has 0 aliphatic carbocycles. The third-order valence-electron chi connectivity index (χ3n) is 2.64. The van der Waals surface area contributed by atoms with Crippen LogP contribution in [-0.2, 0) is 6.54 Å². The summed E-state index contributed by atoms with van der Waals surface area (Å²) < 4.78 is 0. The molecule has 0 fully saturated rings. The highest BCUT2D eigenvalue weighted by atomic mass is 35.5. The van der Waals surface area contributed by atoms with E-state index in [0.29, 0.717) is 27.8 Å². The maximum absolute atomic E-state index is 10.8. The lowest BCUT2D eigenvalue weighted by atomic mass is 10.2. The molecule has 0 unspecified atom stereocenters. The molecule has 0 spiro atoms. The largest absolute Gasteiger partial charge is 0.379 e. The number of hydrogen-bond acceptors (Lipinski definition) is 3. The molecule has 2 aromatic carbocycles. The summed E-state index contributed by atoms with van der Waals surface area (Å²) in [6.07, 6.45) is 0. The number of halogens is 3. The molecule has 0 aliphatic rings. The first kappa shape index (κ1) is 14.9. The highest BCUT2D eigenvalue weighted by Crippen LogP contribution is 2.31. The van der Waals surface area contributed by atoms with Gasteiger partial charge >= 0.3 is 0 Å². The van der Waals surface area contributed by atoms with Crippen molar-refractivity contribution in [2.45, 2.75) is 6.54 Å². The van der Waals surface area contributed by atoms with Crippen LogP contribution < -0.4 is 5.32 Å². The summed E-state index contributed by atoms with van der Waals surface area (Å²) in [6, 6.07) is 9.77. The summed E-state index contributed by atoms with van der Waals surface area (Å²) in [5.41, 5.74) is 1.17. The van der Waals surface area contributed by atoms with Gasteiger partial charge in [0, 0.05) is 12.6 Å². The van der Waals surface area contributed by atoms with Crippen LogP contribution in [0.5, 0.6) is 0 Å². The molecule has 0 saturated heterocycles. The summed E-state index contributed by atoms with van der Waals surface area (Å²) in [7, 11) is 0. The van der Waals surface area contributed by atoms with Gasteiger partial charge in [-0.05, 0) is 23.8 Å². The summed E-state index contributed by atoms with van der Waals surface area (Å²) in [6.45, 7) is 0.349. The third-order valence-corrected chi connectivity index (χ3v) is 3.59. The molecule has 20 heavy (non-hydrogen) atoms. The molecule has 0 amide bonds. The number of nitro benzene ring substituents is 1. The van der Waals surface area contributed by atoms with E-state index in [1.165, 1.54) is 12.1 Å². The maximum atomic E-state index is 10.8. The average molecular weight is 332 g/mol. The Morgan fingerprint density at radius 3 is 2.30 bits per heavy atom. The van der Waals surface area contributed by atoms with Gasteiger partial charge < -0.3 is 5.32 Å². The molecule has 2 aromatic rings. The van der Waals surface area contributed by atoms with Gasteiger partial charge in [0.2, 0.25) is 0 Å². The van der Waals surface area contributed by atoms with Crippen molar-refractivity contribution in [1.29, 1.82) is 0 Å². The molecule has 4 nitrogen and oxygen atoms in total. The van der Waals surface area contributed by atoms with E-state index in [-0.39, 0.29) is 10.7 Å². The summed E-state index contributed by atoms with van der Waals surface area (Å²) in [5.74, 6) is 0. The van der Waals surface area contributed by atoms with E-state index < -0.39 is 4.92 Å². The van der Waals surface area contributed by atoms with Crippen molar-refractivity contribution in [2.24, 2.45) is 0 Å². The quantitative estimate of drug-likeness (QED) is 0.621. The van der Waals surface area contributed by atoms with Gasteiger partial charge in [-0.2, -0.15) is 0 Å². The van der Waals surface area contributed by atoms with Crippen LogP contribution in [0.15, 0.2) is 36.4 Å². The van der Waals surface area contributed by atoms with Gasteiger partial charge in [0.05, 0.1) is 20.7 Å². The Morgan fingerprint density at radius 2 is 1.70 bits per heavy atom. The Bertz CT molecular complexity index is 642. The molecule has 0 saturated carbocycles. The van der Waals surface area contributed by atoms with Crippen molar-refractivity contribution in [1.82, 2.24) is 0 Å². The minimum absolute atomic E-state index is 0.106. The van der Waals surface area contributed by atoms with Gasteiger partial charge in [-0.1, -0.05) is 46.9 Å². The van der Waals surface area contributed by atoms with Crippen molar-refractivity contribution in [3.8, 4) is 0 Å². The predicted octanol–water partition coefficient (Wildman–Crippen LogP) is 5.17. The fourth-order valence-corrected chi connectivity index (χ4v) is 2.38. The number of para-hydroxylation sites is 1. The number of nitrogens with one attached hydrogen (secondary N) is 1. The second kappa shape index (κ2) is 6.31. The van der Waals surface area contributed by atoms with E-state index in [4.69, 9.17) is 34.8 Å². The number of hydrogen-bond donors (Lipinski definition) is 1. The van der Waals surface area contributed by atoms with Crippen LogP contribution in [0.3, 0.4) is 0 Å². The first-order valence-corrected chi connectivity index (χ1v) is 6.73. The zero-order valence-electron chi connectivity index (χ0n) is 10.1. The number of benzene rings is 2. The minimum atomic E-state index is -0.520. The zero-order valence-corrected chi connectivity index (χ0v) is 12.3. The monoisotopic (exact) mass is 330 g/mol. The van der Waals surface area contributed by atoms with E-state index in [0.717, 1.165) is 0 Å². The Morgan fingerprint density at radius 1 is 1.05 bits per heavy atom. The Labute approximate surface area is 130 Å². The van der Waals surface area contributed by atoms with Gasteiger partial charge in [-0.15, -0.1) is 0 Å². The van der Waals surface area contributed by atoms with Crippen molar-refractivity contribution in [2.75, 3.05) is 5.32 Å². The predicted molar refractivity (Wildman–Crippen MR) is 81.9 cm³/mol. The molecule has 0 radical (unpaired) electrons. The first-order chi connectivity index (χ1) is 9.49. The lowest BCUT2D eigenvalue weighted by Crippen LogP contribution is -2.01. The Hall–Kier alpha value is -1.49. The van der Waals surface area contributed by atoms with Gasteiger partial charge in [-0.25, -0.2) is 0 Å². The van der Waals surface area contributed by atoms with E-state index in [2.05, 4.69) is 5.32 Å². The van der Waals surface area contributed by atoms with E-state index in [1.54, 1.807) is 24.3 Å². The fraction of sp³-hybridized carbons (Fsp3) is 0.0769. The van der Waals surface area contributed by atoms with Crippen LogP contribution in [-0.4, -0.2) is 4.92 Å². The second-order valence-electron chi connectivity index (χ2n) is 3.99. The van der Waals surface area contributed by atoms with Gasteiger partial charge in [-0.3, -0.25) is 10.1 Å². The lowest BCUT2D eigenvalue weighted by molar-refractivity contribution is -0.384. The zero-order chi connectivity index (χ0) is 14.7. The molecule has 0 aliphatic heterocycles. The van der Waals surface area contributed by atoms with Gasteiger partial charge in [0.25, 0.3) is 5.69 Å². The number of anilines is 1. The van der Waals surface area contributed by atoms with Crippen LogP contribution in [0.2, 0.25) is 15.1 Å². The SMILES string of the molecule is O=[N+]([O-])c1cc(CNc2c(Cl)cccc2Cl)ccc1Cl. The van der Waals surface area contributed by atoms with Crippen LogP contribution in [0.25, 0.3) is 0 Å². The van der Waals surface area contributed by atoms with Crippen molar-refractivity contribution < 1.29 is 4.92 Å². The molecule has 7 heteroatoms. The first-order valence-electron chi connectivity index (χ1n) is 5.59. The molecule has 104 valence electrons. The standard InChI is InChI=1S/C13H9Cl3N2O2/c14-9-5-4-8(6-12(9)18(19)20)7-17-13-10(15)2-1-3-11(13)16/h1-6,17H,7H2. The van der Waals surface area contributed by atoms with Crippen LogP contribution in [0.4, 0.5) is 11.4 Å². The van der Waals surface area contributed by atoms with Crippen molar-refractivity contribution in [3.05, 3.63) is 67.1 Å². The number of rotatable bonds is 4. The third kappa shape index (κ3) is 3.33. The minimum Gasteiger partial charge on any atom is -0.379 e. The van der Waals surface area contributed by atoms with Crippen molar-refractivity contribution in [3.63, 3.8) is 0 Å². The van der Waals surface area contributed by atoms with Crippen LogP contribution in [0, 0.1) is 10.1 Å². The molecule has 2 rings (SSSR count). The fourth-order valence-electron chi connectivity index (χ4n) is 1.67. The molecule has 0 bridgehead atoms. The number of nitro groups is 1. The Kier molecular flexibility index (Phi) is 4.70. The van der Waals surface area contributed by atoms with E-state index in [1.807, 2.05) is 0 Å². The van der Waals surface area contributed by atoms with Crippen LogP contribution >= 0.6 is 34.8 Å². The smallest absolute Gasteiger partial charge is 0.288 e. The highest BCUT2D eigenvalue weighted by molar-refractivity contribution is 6.39. The normalized spacial score (nSPS) is 10.3. The highest BCUT2D eigenvalue weighted by Gasteiger charge is 2.13. The maximum Gasteiger partial charge on any atom is 0.288 e. The van der Waals surface area contributed by atoms with Gasteiger partial charge in [0.1, 0.15) is 5.02 Å². The molecule has 1 N–H and O–H groups in total. The van der Waals surface area contributed by atoms with Crippen LogP contribution in [0.1, 0.15) is 5.56 Å². The molecule has 0 aromatic heterocycles. The topological polar surface area (TPSA) is 55.2 Å². The molecular formula is C13H9Cl3N2O2. The summed E-state index contributed by atoms with van der Waals surface area (Å²) >= 11 is 17.8. The Balaban J connectivity index is 2.19. The van der Waals surface area contributed by atoms with E-state index >= 15 is 0 Å². The van der Waals surface area contributed by atoms with Crippen molar-refractivity contribution >= 4 is 46.2 Å². The lowest BCUT2D eigenvalue weighted by Gasteiger charge is -2.10. The summed E-state index contributed by atoms with van der Waals surface area (Å²) in [4.78, 5) is 10.3. The molecular weight excluding hydrogens is 323 g/mol. The molecule has 0 heterocycles. The summed E-state index contributed by atoms with van der Waals surface area (Å²) in [5, 5.41) is 14.9. The van der Waals surface area contributed by atoms with Gasteiger partial charge in [0.15, 0.2) is 0 Å². The second-order valence-corrected chi connectivity index (χ2v) is 5.21. The van der Waals surface area contributed by atoms with E-state index in [9.17, 15) is 10.1 Å².